The van der Waals surface area contributed by atoms with E-state index in [9.17, 15) is 9.59 Å². The number of methoxy groups -OCH3 is 2. The second-order valence-corrected chi connectivity index (χ2v) is 8.59. The third kappa shape index (κ3) is 4.08. The maximum atomic E-state index is 12.7. The Morgan fingerprint density at radius 2 is 1.94 bits per heavy atom. The molecule has 0 aromatic heterocycles. The van der Waals surface area contributed by atoms with E-state index in [2.05, 4.69) is 10.3 Å². The summed E-state index contributed by atoms with van der Waals surface area (Å²) in [6, 6.07) is 12.3. The number of amides is 2. The van der Waals surface area contributed by atoms with Crippen molar-refractivity contribution in [3.8, 4) is 11.5 Å². The molecule has 0 aliphatic carbocycles. The Labute approximate surface area is 190 Å². The van der Waals surface area contributed by atoms with E-state index in [1.165, 1.54) is 18.9 Å². The Morgan fingerprint density at radius 3 is 2.66 bits per heavy atom. The maximum Gasteiger partial charge on any atom is 0.271 e. The third-order valence-electron chi connectivity index (χ3n) is 5.19. The zero-order chi connectivity index (χ0) is 22.8. The van der Waals surface area contributed by atoms with E-state index >= 15 is 0 Å². The van der Waals surface area contributed by atoms with Crippen LogP contribution in [0.25, 0.3) is 0 Å². The molecule has 1 N–H and O–H groups in total. The van der Waals surface area contributed by atoms with E-state index in [1.807, 2.05) is 43.0 Å². The molecule has 32 heavy (non-hydrogen) atoms. The lowest BCUT2D eigenvalue weighted by Gasteiger charge is -2.32. The van der Waals surface area contributed by atoms with E-state index in [1.54, 1.807) is 25.3 Å². The van der Waals surface area contributed by atoms with E-state index in [-0.39, 0.29) is 23.5 Å². The minimum absolute atomic E-state index is 0.0391. The molecule has 2 heterocycles. The number of nitrogens with zero attached hydrogens (tertiary/aromatic N) is 3. The number of carbonyl (C=O) groups is 2. The predicted molar refractivity (Wildman–Crippen MR) is 126 cm³/mol. The van der Waals surface area contributed by atoms with Gasteiger partial charge in [-0.05, 0) is 30.2 Å². The first kappa shape index (κ1) is 21.9. The highest BCUT2D eigenvalue weighted by molar-refractivity contribution is 8.14. The molecule has 1 atom stereocenters. The van der Waals surface area contributed by atoms with E-state index in [0.717, 1.165) is 11.3 Å². The quantitative estimate of drug-likeness (QED) is 0.719. The first-order valence-corrected chi connectivity index (χ1v) is 11.2. The summed E-state index contributed by atoms with van der Waals surface area (Å²) in [7, 11) is 3.10. The average Bonchev–Trinajstić information content (AvgIpc) is 3.15. The molecule has 2 aliphatic heterocycles. The topological polar surface area (TPSA) is 92.6 Å². The minimum atomic E-state index is -0.436. The lowest BCUT2D eigenvalue weighted by atomic mass is 10.0. The van der Waals surface area contributed by atoms with Gasteiger partial charge in [0.25, 0.3) is 5.91 Å². The number of rotatable bonds is 6. The van der Waals surface area contributed by atoms with Crippen LogP contribution >= 0.6 is 11.8 Å². The highest BCUT2D eigenvalue weighted by atomic mass is 32.2. The summed E-state index contributed by atoms with van der Waals surface area (Å²) in [5.41, 5.74) is 2.11. The highest BCUT2D eigenvalue weighted by Gasteiger charge is 2.43. The van der Waals surface area contributed by atoms with Crippen LogP contribution in [0.5, 0.6) is 11.5 Å². The Hall–Kier alpha value is -3.33. The molecule has 4 rings (SSSR count). The number of fused-ring (bicyclic) bond motifs is 3. The molecular weight excluding hydrogens is 428 g/mol. The van der Waals surface area contributed by atoms with Crippen molar-refractivity contribution < 1.29 is 19.1 Å². The molecule has 0 fully saturated rings. The van der Waals surface area contributed by atoms with Crippen LogP contribution in [-0.2, 0) is 9.59 Å². The molecular formula is C23H24N4O4S. The van der Waals surface area contributed by atoms with Gasteiger partial charge in [0.15, 0.2) is 5.17 Å². The maximum absolute atomic E-state index is 12.7. The number of carbonyl (C=O) groups excluding carboxylic acids is 2. The molecule has 0 saturated heterocycles. The summed E-state index contributed by atoms with van der Waals surface area (Å²) in [5.74, 6) is 1.48. The fourth-order valence-corrected chi connectivity index (χ4v) is 4.52. The van der Waals surface area contributed by atoms with Gasteiger partial charge in [-0.3, -0.25) is 14.5 Å². The van der Waals surface area contributed by atoms with Gasteiger partial charge in [0.1, 0.15) is 23.4 Å². The fraction of sp³-hybridized carbons (Fsp3) is 0.304. The van der Waals surface area contributed by atoms with Gasteiger partial charge in [-0.1, -0.05) is 37.7 Å². The number of para-hydroxylation sites is 1. The molecule has 2 aromatic carbocycles. The van der Waals surface area contributed by atoms with Crippen LogP contribution in [0, 0.1) is 5.92 Å². The van der Waals surface area contributed by atoms with Crippen molar-refractivity contribution in [3.05, 3.63) is 48.0 Å². The summed E-state index contributed by atoms with van der Waals surface area (Å²) in [5, 5.41) is 3.45. The Bertz CT molecular complexity index is 1130. The van der Waals surface area contributed by atoms with Crippen molar-refractivity contribution in [1.82, 2.24) is 4.90 Å². The monoisotopic (exact) mass is 452 g/mol. The lowest BCUT2D eigenvalue weighted by molar-refractivity contribution is -0.120. The van der Waals surface area contributed by atoms with Gasteiger partial charge in [0.05, 0.1) is 31.3 Å². The minimum Gasteiger partial charge on any atom is -0.497 e. The zero-order valence-corrected chi connectivity index (χ0v) is 19.1. The van der Waals surface area contributed by atoms with Crippen molar-refractivity contribution in [2.45, 2.75) is 19.9 Å². The average molecular weight is 453 g/mol. The van der Waals surface area contributed by atoms with Crippen LogP contribution in [0.15, 0.2) is 52.4 Å². The first-order valence-electron chi connectivity index (χ1n) is 10.2. The SMILES string of the molecule is COc1ccc(NC(=O)CSC2=Nc3ccccc3C3=NC(=O)C(C(C)C)N23)c(OC)c1. The second kappa shape index (κ2) is 9.04. The molecule has 2 amide bonds. The van der Waals surface area contributed by atoms with Crippen molar-refractivity contribution in [2.75, 3.05) is 25.3 Å². The number of thioether (sulfide) groups is 1. The van der Waals surface area contributed by atoms with Gasteiger partial charge in [-0.25, -0.2) is 4.99 Å². The van der Waals surface area contributed by atoms with E-state index in [4.69, 9.17) is 14.5 Å². The lowest BCUT2D eigenvalue weighted by Crippen LogP contribution is -2.46. The van der Waals surface area contributed by atoms with Crippen molar-refractivity contribution >= 4 is 46.0 Å². The number of anilines is 1. The first-order chi connectivity index (χ1) is 15.4. The Morgan fingerprint density at radius 1 is 1.16 bits per heavy atom. The summed E-state index contributed by atoms with van der Waals surface area (Å²) >= 11 is 1.27. The van der Waals surface area contributed by atoms with Gasteiger partial charge in [0.2, 0.25) is 5.91 Å². The largest absolute Gasteiger partial charge is 0.497 e. The molecule has 8 nitrogen and oxygen atoms in total. The molecule has 0 bridgehead atoms. The fourth-order valence-electron chi connectivity index (χ4n) is 3.69. The van der Waals surface area contributed by atoms with Crippen LogP contribution in [0.1, 0.15) is 19.4 Å². The van der Waals surface area contributed by atoms with Crippen LogP contribution in [0.3, 0.4) is 0 Å². The van der Waals surface area contributed by atoms with Crippen LogP contribution in [-0.4, -0.2) is 53.7 Å². The van der Waals surface area contributed by atoms with Gasteiger partial charge in [0, 0.05) is 11.6 Å². The third-order valence-corrected chi connectivity index (χ3v) is 6.14. The summed E-state index contributed by atoms with van der Waals surface area (Å²) < 4.78 is 10.5. The van der Waals surface area contributed by atoms with Crippen molar-refractivity contribution in [3.63, 3.8) is 0 Å². The Kier molecular flexibility index (Phi) is 6.18. The number of benzene rings is 2. The van der Waals surface area contributed by atoms with Crippen LogP contribution < -0.4 is 14.8 Å². The molecule has 9 heteroatoms. The van der Waals surface area contributed by atoms with Gasteiger partial charge in [-0.15, -0.1) is 0 Å². The highest BCUT2D eigenvalue weighted by Crippen LogP contribution is 2.36. The van der Waals surface area contributed by atoms with Crippen LogP contribution in [0.2, 0.25) is 0 Å². The summed E-state index contributed by atoms with van der Waals surface area (Å²) in [4.78, 5) is 36.3. The molecule has 0 radical (unpaired) electrons. The normalized spacial score (nSPS) is 16.8. The van der Waals surface area contributed by atoms with Crippen LogP contribution in [0.4, 0.5) is 11.4 Å². The number of nitrogens with one attached hydrogen (secondary N) is 1. The molecule has 2 aliphatic rings. The van der Waals surface area contributed by atoms with Gasteiger partial charge < -0.3 is 14.8 Å². The molecule has 166 valence electrons. The number of hydrogen-bond donors (Lipinski definition) is 1. The standard InChI is InChI=1S/C23H24N4O4S/c1-13(2)20-22(29)26-21-15-7-5-6-8-16(15)25-23(27(20)21)32-12-19(28)24-17-10-9-14(30-3)11-18(17)31-4/h5-11,13,20H,12H2,1-4H3,(H,24,28). The molecule has 0 saturated carbocycles. The predicted octanol–water partition coefficient (Wildman–Crippen LogP) is 3.69. The Balaban J connectivity index is 1.54. The van der Waals surface area contributed by atoms with E-state index in [0.29, 0.717) is 28.2 Å². The summed E-state index contributed by atoms with van der Waals surface area (Å²) in [6.45, 7) is 3.96. The number of amidine groups is 2. The second-order valence-electron chi connectivity index (χ2n) is 7.65. The van der Waals surface area contributed by atoms with Crippen molar-refractivity contribution in [2.24, 2.45) is 15.9 Å². The van der Waals surface area contributed by atoms with Gasteiger partial charge >= 0.3 is 0 Å². The number of aliphatic imine (C=N–C) groups is 2. The van der Waals surface area contributed by atoms with E-state index < -0.39 is 6.04 Å². The smallest absolute Gasteiger partial charge is 0.271 e. The summed E-state index contributed by atoms with van der Waals surface area (Å²) in [6.07, 6.45) is 0. The number of hydrogen-bond acceptors (Lipinski definition) is 7. The van der Waals surface area contributed by atoms with Gasteiger partial charge in [-0.2, -0.15) is 4.99 Å². The van der Waals surface area contributed by atoms with Crippen molar-refractivity contribution in [1.29, 1.82) is 0 Å². The zero-order valence-electron chi connectivity index (χ0n) is 18.3. The molecule has 0 spiro atoms. The molecule has 2 aromatic rings. The number of ether oxygens (including phenoxy) is 2. The molecule has 1 unspecified atom stereocenters.